The quantitative estimate of drug-likeness (QED) is 0.811. The van der Waals surface area contributed by atoms with Crippen molar-refractivity contribution in [1.29, 1.82) is 0 Å². The summed E-state index contributed by atoms with van der Waals surface area (Å²) in [7, 11) is -1.44. The van der Waals surface area contributed by atoms with E-state index >= 15 is 0 Å². The number of amidine groups is 1. The van der Waals surface area contributed by atoms with Gasteiger partial charge in [0.25, 0.3) is 5.91 Å². The molecule has 1 amide bonds. The maximum absolute atomic E-state index is 12.1. The monoisotopic (exact) mass is 366 g/mol. The van der Waals surface area contributed by atoms with Crippen LogP contribution in [-0.2, 0) is 14.6 Å². The lowest BCUT2D eigenvalue weighted by molar-refractivity contribution is -0.118. The van der Waals surface area contributed by atoms with E-state index in [-0.39, 0.29) is 34.6 Å². The Morgan fingerprint density at radius 2 is 1.96 bits per heavy atom. The van der Waals surface area contributed by atoms with Gasteiger partial charge in [-0.15, -0.1) is 0 Å². The fourth-order valence-corrected chi connectivity index (χ4v) is 7.04. The minimum atomic E-state index is -3.04. The van der Waals surface area contributed by atoms with E-state index in [0.717, 1.165) is 24.3 Å². The molecule has 0 radical (unpaired) electrons. The molecule has 3 fully saturated rings. The Morgan fingerprint density at radius 3 is 2.58 bits per heavy atom. The van der Waals surface area contributed by atoms with Gasteiger partial charge >= 0.3 is 0 Å². The zero-order valence-corrected chi connectivity index (χ0v) is 14.8. The van der Waals surface area contributed by atoms with Gasteiger partial charge in [-0.3, -0.25) is 4.79 Å². The van der Waals surface area contributed by atoms with Gasteiger partial charge < -0.3 is 9.64 Å². The van der Waals surface area contributed by atoms with Crippen molar-refractivity contribution in [3.63, 3.8) is 0 Å². The number of hydrogen-bond acceptors (Lipinski definition) is 5. The van der Waals surface area contributed by atoms with Gasteiger partial charge in [-0.05, 0) is 37.1 Å². The van der Waals surface area contributed by atoms with Crippen molar-refractivity contribution in [2.45, 2.75) is 24.1 Å². The highest BCUT2D eigenvalue weighted by molar-refractivity contribution is 8.16. The number of thioether (sulfide) groups is 1. The molecule has 2 aliphatic heterocycles. The Morgan fingerprint density at radius 1 is 1.25 bits per heavy atom. The highest BCUT2D eigenvalue weighted by Crippen LogP contribution is 2.42. The Labute approximate surface area is 145 Å². The molecule has 2 atom stereocenters. The molecule has 0 spiro atoms. The zero-order valence-electron chi connectivity index (χ0n) is 13.2. The van der Waals surface area contributed by atoms with E-state index in [9.17, 15) is 13.2 Å². The molecule has 1 aromatic rings. The summed E-state index contributed by atoms with van der Waals surface area (Å²) in [6.45, 7) is 0. The van der Waals surface area contributed by atoms with Gasteiger partial charge in [0.1, 0.15) is 5.75 Å². The van der Waals surface area contributed by atoms with E-state index in [2.05, 4.69) is 4.99 Å². The van der Waals surface area contributed by atoms with Gasteiger partial charge in [-0.2, -0.15) is 4.99 Å². The lowest BCUT2D eigenvalue weighted by Gasteiger charge is -2.24. The first kappa shape index (κ1) is 16.0. The number of methoxy groups -OCH3 is 1. The van der Waals surface area contributed by atoms with Crippen LogP contribution in [0.3, 0.4) is 0 Å². The molecule has 2 saturated heterocycles. The second-order valence-electron chi connectivity index (χ2n) is 6.38. The number of rotatable bonds is 3. The first-order valence-electron chi connectivity index (χ1n) is 7.90. The molecule has 6 nitrogen and oxygen atoms in total. The standard InChI is InChI=1S/C16H18N2O4S2/c1-22-12-6-4-11(5-7-12)18-13-8-24(20,21)9-14(13)23-16(18)17-15(19)10-2-3-10/h4-7,10,13-14H,2-3,8-9H2,1H3. The summed E-state index contributed by atoms with van der Waals surface area (Å²) in [6.07, 6.45) is 1.81. The molecule has 0 bridgehead atoms. The number of anilines is 1. The van der Waals surface area contributed by atoms with E-state index in [1.54, 1.807) is 7.11 Å². The molecule has 2 unspecified atom stereocenters. The largest absolute Gasteiger partial charge is 0.497 e. The Kier molecular flexibility index (Phi) is 3.84. The Hall–Kier alpha value is -1.54. The van der Waals surface area contributed by atoms with Gasteiger partial charge in [0, 0.05) is 16.9 Å². The molecule has 24 heavy (non-hydrogen) atoms. The fourth-order valence-electron chi connectivity index (χ4n) is 3.13. The van der Waals surface area contributed by atoms with Gasteiger partial charge in [0.2, 0.25) is 0 Å². The number of amides is 1. The number of aliphatic imine (C=N–C) groups is 1. The highest BCUT2D eigenvalue weighted by atomic mass is 32.2. The zero-order chi connectivity index (χ0) is 16.9. The van der Waals surface area contributed by atoms with E-state index in [4.69, 9.17) is 4.74 Å². The Balaban J connectivity index is 1.69. The Bertz CT molecular complexity index is 800. The minimum Gasteiger partial charge on any atom is -0.497 e. The summed E-state index contributed by atoms with van der Waals surface area (Å²) < 4.78 is 29.2. The molecule has 8 heteroatoms. The third kappa shape index (κ3) is 2.93. The van der Waals surface area contributed by atoms with Crippen LogP contribution in [0, 0.1) is 5.92 Å². The first-order valence-corrected chi connectivity index (χ1v) is 10.6. The van der Waals surface area contributed by atoms with Crippen molar-refractivity contribution in [1.82, 2.24) is 0 Å². The van der Waals surface area contributed by atoms with Crippen molar-refractivity contribution in [3.05, 3.63) is 24.3 Å². The topological polar surface area (TPSA) is 76.0 Å². The summed E-state index contributed by atoms with van der Waals surface area (Å²) >= 11 is 1.41. The van der Waals surface area contributed by atoms with Crippen molar-refractivity contribution < 1.29 is 17.9 Å². The number of nitrogens with zero attached hydrogens (tertiary/aromatic N) is 2. The van der Waals surface area contributed by atoms with Crippen LogP contribution in [0.1, 0.15) is 12.8 Å². The van der Waals surface area contributed by atoms with E-state index in [1.165, 1.54) is 11.8 Å². The third-order valence-corrected chi connectivity index (χ3v) is 7.76. The molecule has 128 valence electrons. The summed E-state index contributed by atoms with van der Waals surface area (Å²) in [5.74, 6) is 0.950. The normalized spacial score (nSPS) is 29.7. The molecular formula is C16H18N2O4S2. The number of benzene rings is 1. The predicted octanol–water partition coefficient (Wildman–Crippen LogP) is 1.71. The van der Waals surface area contributed by atoms with Gasteiger partial charge in [0.05, 0.1) is 24.7 Å². The van der Waals surface area contributed by atoms with Crippen molar-refractivity contribution >= 4 is 38.4 Å². The molecule has 4 rings (SSSR count). The van der Waals surface area contributed by atoms with Crippen LogP contribution in [0.4, 0.5) is 5.69 Å². The predicted molar refractivity (Wildman–Crippen MR) is 94.5 cm³/mol. The molecule has 1 aliphatic carbocycles. The molecule has 0 aromatic heterocycles. The van der Waals surface area contributed by atoms with Crippen LogP contribution in [0.2, 0.25) is 0 Å². The molecule has 1 aromatic carbocycles. The smallest absolute Gasteiger partial charge is 0.251 e. The first-order chi connectivity index (χ1) is 11.5. The van der Waals surface area contributed by atoms with Crippen LogP contribution in [0.5, 0.6) is 5.75 Å². The molecule has 1 saturated carbocycles. The lowest BCUT2D eigenvalue weighted by Crippen LogP contribution is -2.37. The van der Waals surface area contributed by atoms with E-state index < -0.39 is 9.84 Å². The van der Waals surface area contributed by atoms with Crippen LogP contribution < -0.4 is 9.64 Å². The maximum atomic E-state index is 12.1. The second kappa shape index (κ2) is 5.77. The number of carbonyl (C=O) groups is 1. The van der Waals surface area contributed by atoms with Crippen molar-refractivity contribution in [3.8, 4) is 5.75 Å². The summed E-state index contributed by atoms with van der Waals surface area (Å²) in [5, 5.41) is 0.560. The number of ether oxygens (including phenoxy) is 1. The highest BCUT2D eigenvalue weighted by Gasteiger charge is 2.49. The third-order valence-electron chi connectivity index (χ3n) is 4.55. The minimum absolute atomic E-state index is 0.0555. The second-order valence-corrected chi connectivity index (χ2v) is 9.74. The molecular weight excluding hydrogens is 348 g/mol. The van der Waals surface area contributed by atoms with Crippen molar-refractivity contribution in [2.75, 3.05) is 23.5 Å². The summed E-state index contributed by atoms with van der Waals surface area (Å²) in [6, 6.07) is 7.25. The van der Waals surface area contributed by atoms with Gasteiger partial charge in [0.15, 0.2) is 15.0 Å². The number of fused-ring (bicyclic) bond motifs is 1. The average Bonchev–Trinajstić information content (AvgIpc) is 3.28. The SMILES string of the molecule is COc1ccc(N2C(=NC(=O)C3CC3)SC3CS(=O)(=O)CC32)cc1. The van der Waals surface area contributed by atoms with E-state index in [0.29, 0.717) is 5.17 Å². The van der Waals surface area contributed by atoms with Crippen LogP contribution in [0.15, 0.2) is 29.3 Å². The lowest BCUT2D eigenvalue weighted by atomic mass is 10.2. The fraction of sp³-hybridized carbons (Fsp3) is 0.500. The summed E-state index contributed by atoms with van der Waals surface area (Å²) in [4.78, 5) is 18.3. The molecule has 2 heterocycles. The van der Waals surface area contributed by atoms with Crippen LogP contribution in [-0.4, -0.2) is 49.4 Å². The maximum Gasteiger partial charge on any atom is 0.251 e. The van der Waals surface area contributed by atoms with Gasteiger partial charge in [-0.25, -0.2) is 8.42 Å². The summed E-state index contributed by atoms with van der Waals surface area (Å²) in [5.41, 5.74) is 0.843. The van der Waals surface area contributed by atoms with Crippen molar-refractivity contribution in [2.24, 2.45) is 10.9 Å². The molecule has 3 aliphatic rings. The number of carbonyl (C=O) groups excluding carboxylic acids is 1. The van der Waals surface area contributed by atoms with Crippen LogP contribution >= 0.6 is 11.8 Å². The number of hydrogen-bond donors (Lipinski definition) is 0. The van der Waals surface area contributed by atoms with E-state index in [1.807, 2.05) is 29.2 Å². The average molecular weight is 366 g/mol. The van der Waals surface area contributed by atoms with Gasteiger partial charge in [-0.1, -0.05) is 11.8 Å². The van der Waals surface area contributed by atoms with Crippen LogP contribution in [0.25, 0.3) is 0 Å². The number of sulfone groups is 1. The molecule has 0 N–H and O–H groups in total.